The number of hydrogen-bond acceptors (Lipinski definition) is 14. The molecule has 0 amide bonds. The first-order valence-electron chi connectivity index (χ1n) is 20.8. The molecular formula is C48H38N4O16S4. The van der Waals surface area contributed by atoms with Crippen LogP contribution in [0.1, 0.15) is 22.8 Å². The summed E-state index contributed by atoms with van der Waals surface area (Å²) in [4.78, 5) is 14.4. The fourth-order valence-electron chi connectivity index (χ4n) is 8.56. The third-order valence-corrected chi connectivity index (χ3v) is 15.2. The Labute approximate surface area is 410 Å². The first-order chi connectivity index (χ1) is 34.0. The number of benzene rings is 4. The molecule has 24 heteroatoms. The van der Waals surface area contributed by atoms with E-state index in [-0.39, 0.29) is 112 Å². The van der Waals surface area contributed by atoms with Crippen molar-refractivity contribution in [3.05, 3.63) is 120 Å². The zero-order valence-electron chi connectivity index (χ0n) is 37.8. The van der Waals surface area contributed by atoms with Crippen molar-refractivity contribution >= 4 is 86.8 Å². The number of methoxy groups -OCH3 is 4. The van der Waals surface area contributed by atoms with E-state index in [0.29, 0.717) is 0 Å². The number of H-pyrrole nitrogens is 2. The van der Waals surface area contributed by atoms with E-state index in [0.717, 1.165) is 0 Å². The summed E-state index contributed by atoms with van der Waals surface area (Å²) in [6, 6.07) is 22.7. The summed E-state index contributed by atoms with van der Waals surface area (Å²) in [5.74, 6) is -0.690. The first kappa shape index (κ1) is 49.3. The number of aromatic amines is 2. The van der Waals surface area contributed by atoms with Crippen LogP contribution in [0, 0.1) is 0 Å². The predicted octanol–water partition coefficient (Wildman–Crippen LogP) is 8.34. The predicted molar refractivity (Wildman–Crippen MR) is 266 cm³/mol. The Kier molecular flexibility index (Phi) is 12.4. The summed E-state index contributed by atoms with van der Waals surface area (Å²) < 4.78 is 165. The molecular weight excluding hydrogens is 1020 g/mol. The Bertz CT molecular complexity index is 3640. The van der Waals surface area contributed by atoms with Gasteiger partial charge in [0.1, 0.15) is 42.6 Å². The van der Waals surface area contributed by atoms with Crippen LogP contribution in [-0.4, -0.2) is 100 Å². The molecule has 3 aromatic heterocycles. The number of ether oxygens (including phenoxy) is 4. The third kappa shape index (κ3) is 9.12. The molecule has 0 aliphatic carbocycles. The molecule has 7 aromatic rings. The molecule has 0 spiro atoms. The summed E-state index contributed by atoms with van der Waals surface area (Å²) >= 11 is 0. The zero-order chi connectivity index (χ0) is 51.7. The summed E-state index contributed by atoms with van der Waals surface area (Å²) in [6.07, 6.45) is 6.39. The van der Waals surface area contributed by atoms with Gasteiger partial charge in [-0.15, -0.1) is 0 Å². The average Bonchev–Trinajstić information content (AvgIpc) is 4.19. The molecule has 5 heterocycles. The van der Waals surface area contributed by atoms with E-state index < -0.39 is 60.1 Å². The SMILES string of the molecule is COc1ccc(-c2c3nc(c(-c4ccc(OC)c(S(=O)(=O)O)c4)c4ccc([nH]4)c(-c4ccc(OC)c(S(=O)(=O)O)c4)c4nc(c(-c5ccc(OC)c(S(=O)(=O)O)c5)c5ccc2[nH]5)C=C4)C=C3)cc1S(=O)(=O)O. The van der Waals surface area contributed by atoms with Crippen LogP contribution in [0.3, 0.4) is 0 Å². The molecule has 2 aliphatic heterocycles. The zero-order valence-corrected chi connectivity index (χ0v) is 41.0. The second-order valence-electron chi connectivity index (χ2n) is 15.9. The molecule has 0 unspecified atom stereocenters. The van der Waals surface area contributed by atoms with Gasteiger partial charge < -0.3 is 28.9 Å². The molecule has 6 N–H and O–H groups in total. The van der Waals surface area contributed by atoms with Crippen LogP contribution in [0.4, 0.5) is 0 Å². The van der Waals surface area contributed by atoms with Crippen molar-refractivity contribution in [1.82, 2.24) is 19.9 Å². The van der Waals surface area contributed by atoms with Crippen molar-refractivity contribution in [1.29, 1.82) is 0 Å². The Morgan fingerprint density at radius 1 is 0.347 bits per heavy atom. The van der Waals surface area contributed by atoms with E-state index in [1.807, 2.05) is 0 Å². The van der Waals surface area contributed by atoms with Gasteiger partial charge in [-0.1, -0.05) is 24.3 Å². The summed E-state index contributed by atoms with van der Waals surface area (Å²) in [6.45, 7) is 0. The van der Waals surface area contributed by atoms with Crippen molar-refractivity contribution in [2.75, 3.05) is 28.4 Å². The number of nitrogens with zero attached hydrogens (tertiary/aromatic N) is 2. The van der Waals surface area contributed by atoms with E-state index in [1.165, 1.54) is 101 Å². The number of nitrogens with one attached hydrogen (secondary N) is 2. The monoisotopic (exact) mass is 1050 g/mol. The highest BCUT2D eigenvalue weighted by Crippen LogP contribution is 2.42. The number of rotatable bonds is 12. The average molecular weight is 1060 g/mol. The van der Waals surface area contributed by atoms with Gasteiger partial charge in [-0.3, -0.25) is 18.2 Å². The summed E-state index contributed by atoms with van der Waals surface area (Å²) in [5, 5.41) is 0. The number of hydrogen-bond donors (Lipinski definition) is 6. The minimum atomic E-state index is -4.89. The lowest BCUT2D eigenvalue weighted by Gasteiger charge is -2.11. The smallest absolute Gasteiger partial charge is 0.298 e. The lowest BCUT2D eigenvalue weighted by molar-refractivity contribution is 0.397. The molecule has 0 atom stereocenters. The van der Waals surface area contributed by atoms with Crippen LogP contribution >= 0.6 is 0 Å². The van der Waals surface area contributed by atoms with Gasteiger partial charge in [0.2, 0.25) is 0 Å². The standard InChI is InChI=1S/C48H38N4O16S4/c1-65-37-17-5-25(21-41(37)69(53,54)55)45-29-9-11-31(49-29)46(26-6-18-38(66-2)42(22-26)70(56,57)58)33-13-15-35(51-33)48(28-8-20-40(68-4)44(24-28)72(62,63)64)36-16-14-34(52-36)47(32-12-10-30(45)50-32)27-7-19-39(67-3)43(23-27)71(59,60)61/h5-24,49,52H,1-4H3,(H,53,54,55)(H,56,57,58)(H,59,60,61)(H,62,63,64). The molecule has 2 aliphatic rings. The molecule has 0 radical (unpaired) electrons. The maximum absolute atomic E-state index is 12.8. The highest BCUT2D eigenvalue weighted by Gasteiger charge is 2.26. The van der Waals surface area contributed by atoms with Crippen molar-refractivity contribution < 1.29 is 70.8 Å². The van der Waals surface area contributed by atoms with Gasteiger partial charge in [0.25, 0.3) is 40.5 Å². The normalized spacial score (nSPS) is 12.8. The fourth-order valence-corrected chi connectivity index (χ4v) is 11.3. The second-order valence-corrected chi connectivity index (χ2v) is 21.4. The molecule has 8 bridgehead atoms. The lowest BCUT2D eigenvalue weighted by Crippen LogP contribution is -2.02. The van der Waals surface area contributed by atoms with Gasteiger partial charge in [0, 0.05) is 44.3 Å². The van der Waals surface area contributed by atoms with E-state index in [1.54, 1.807) is 48.6 Å². The highest BCUT2D eigenvalue weighted by molar-refractivity contribution is 7.86. The minimum absolute atomic E-state index is 0.173. The molecule has 0 fully saturated rings. The van der Waals surface area contributed by atoms with Gasteiger partial charge in [-0.25, -0.2) is 9.97 Å². The second kappa shape index (κ2) is 18.2. The molecule has 4 aromatic carbocycles. The first-order valence-corrected chi connectivity index (χ1v) is 26.6. The molecule has 0 saturated carbocycles. The Hall–Kier alpha value is -7.68. The van der Waals surface area contributed by atoms with E-state index in [4.69, 9.17) is 28.9 Å². The van der Waals surface area contributed by atoms with Crippen LogP contribution in [0.15, 0.2) is 117 Å². The van der Waals surface area contributed by atoms with Gasteiger partial charge in [-0.05, 0) is 119 Å². The van der Waals surface area contributed by atoms with Crippen molar-refractivity contribution in [3.63, 3.8) is 0 Å². The summed E-state index contributed by atoms with van der Waals surface area (Å²) in [7, 11) is -14.7. The number of fused-ring (bicyclic) bond motifs is 8. The van der Waals surface area contributed by atoms with Crippen LogP contribution in [0.25, 0.3) is 90.9 Å². The van der Waals surface area contributed by atoms with Gasteiger partial charge in [0.15, 0.2) is 0 Å². The van der Waals surface area contributed by atoms with Crippen LogP contribution < -0.4 is 18.9 Å². The van der Waals surface area contributed by atoms with E-state index in [2.05, 4.69) is 9.97 Å². The van der Waals surface area contributed by atoms with E-state index in [9.17, 15) is 51.9 Å². The Morgan fingerprint density at radius 2 is 0.556 bits per heavy atom. The molecule has 72 heavy (non-hydrogen) atoms. The fraction of sp³-hybridized carbons (Fsp3) is 0.0833. The molecule has 9 rings (SSSR count). The van der Waals surface area contributed by atoms with Crippen molar-refractivity contribution in [3.8, 4) is 67.5 Å². The van der Waals surface area contributed by atoms with Crippen molar-refractivity contribution in [2.45, 2.75) is 19.6 Å². The minimum Gasteiger partial charge on any atom is -0.495 e. The Balaban J connectivity index is 1.51. The van der Waals surface area contributed by atoms with E-state index >= 15 is 0 Å². The maximum Gasteiger partial charge on any atom is 0.298 e. The van der Waals surface area contributed by atoms with Crippen molar-refractivity contribution in [2.24, 2.45) is 0 Å². The van der Waals surface area contributed by atoms with Crippen LogP contribution in [-0.2, 0) is 40.5 Å². The van der Waals surface area contributed by atoms with Gasteiger partial charge in [0.05, 0.1) is 51.2 Å². The van der Waals surface area contributed by atoms with Gasteiger partial charge >= 0.3 is 0 Å². The highest BCUT2D eigenvalue weighted by atomic mass is 32.2. The van der Waals surface area contributed by atoms with Crippen LogP contribution in [0.5, 0.6) is 23.0 Å². The molecule has 370 valence electrons. The molecule has 20 nitrogen and oxygen atoms in total. The maximum atomic E-state index is 12.8. The quantitative estimate of drug-likeness (QED) is 0.0626. The topological polar surface area (TPSA) is 312 Å². The summed E-state index contributed by atoms with van der Waals surface area (Å²) in [5.41, 5.74) is 3.70. The third-order valence-electron chi connectivity index (χ3n) is 11.7. The largest absolute Gasteiger partial charge is 0.495 e. The molecule has 0 saturated heterocycles. The lowest BCUT2D eigenvalue weighted by atomic mass is 10.0. The number of aromatic nitrogens is 4. The Morgan fingerprint density at radius 3 is 0.736 bits per heavy atom. The van der Waals surface area contributed by atoms with Crippen LogP contribution in [0.2, 0.25) is 0 Å². The van der Waals surface area contributed by atoms with Gasteiger partial charge in [-0.2, -0.15) is 33.7 Å².